The molecule has 0 aliphatic heterocycles. The Morgan fingerprint density at radius 2 is 1.04 bits per heavy atom. The standard InChI is InChI=1S/C24H25FO2/c1-16(2)26-22-12-9-19(10-13-22)18-5-7-20(8-6-18)21-11-14-24(23(25)15-21)27-17(3)4/h5-17H,1-4H3. The Kier molecular flexibility index (Phi) is 5.80. The molecule has 3 aromatic rings. The first-order valence-corrected chi connectivity index (χ1v) is 9.26. The largest absolute Gasteiger partial charge is 0.491 e. The normalized spacial score (nSPS) is 11.1. The van der Waals surface area contributed by atoms with Gasteiger partial charge in [-0.3, -0.25) is 0 Å². The highest BCUT2D eigenvalue weighted by Crippen LogP contribution is 2.29. The number of ether oxygens (including phenoxy) is 2. The number of rotatable bonds is 6. The molecule has 0 atom stereocenters. The van der Waals surface area contributed by atoms with E-state index in [2.05, 4.69) is 0 Å². The first-order valence-electron chi connectivity index (χ1n) is 9.26. The molecule has 2 nitrogen and oxygen atoms in total. The van der Waals surface area contributed by atoms with Gasteiger partial charge in [0.2, 0.25) is 0 Å². The SMILES string of the molecule is CC(C)Oc1ccc(-c2ccc(-c3ccc(OC(C)C)c(F)c3)cc2)cc1. The molecular weight excluding hydrogens is 339 g/mol. The van der Waals surface area contributed by atoms with Gasteiger partial charge in [-0.05, 0) is 74.2 Å². The van der Waals surface area contributed by atoms with Crippen molar-refractivity contribution in [2.24, 2.45) is 0 Å². The van der Waals surface area contributed by atoms with Crippen molar-refractivity contribution in [3.8, 4) is 33.8 Å². The highest BCUT2D eigenvalue weighted by Gasteiger charge is 2.08. The molecule has 3 heteroatoms. The van der Waals surface area contributed by atoms with Gasteiger partial charge in [0.1, 0.15) is 5.75 Å². The maximum Gasteiger partial charge on any atom is 0.165 e. The smallest absolute Gasteiger partial charge is 0.165 e. The van der Waals surface area contributed by atoms with Crippen LogP contribution in [0.25, 0.3) is 22.3 Å². The Balaban J connectivity index is 1.78. The molecule has 0 unspecified atom stereocenters. The van der Waals surface area contributed by atoms with E-state index in [1.807, 2.05) is 82.3 Å². The van der Waals surface area contributed by atoms with Crippen molar-refractivity contribution in [1.82, 2.24) is 0 Å². The van der Waals surface area contributed by atoms with Crippen molar-refractivity contribution in [2.75, 3.05) is 0 Å². The predicted molar refractivity (Wildman–Crippen MR) is 109 cm³/mol. The third-order valence-electron chi connectivity index (χ3n) is 4.07. The van der Waals surface area contributed by atoms with Crippen molar-refractivity contribution in [3.05, 3.63) is 72.5 Å². The molecule has 0 aromatic heterocycles. The number of halogens is 1. The van der Waals surface area contributed by atoms with Crippen LogP contribution in [0.15, 0.2) is 66.7 Å². The summed E-state index contributed by atoms with van der Waals surface area (Å²) in [7, 11) is 0. The molecule has 0 N–H and O–H groups in total. The van der Waals surface area contributed by atoms with Crippen LogP contribution in [0.2, 0.25) is 0 Å². The first kappa shape index (κ1) is 19.0. The van der Waals surface area contributed by atoms with E-state index in [4.69, 9.17) is 9.47 Å². The summed E-state index contributed by atoms with van der Waals surface area (Å²) in [4.78, 5) is 0. The average Bonchev–Trinajstić information content (AvgIpc) is 2.63. The topological polar surface area (TPSA) is 18.5 Å². The lowest BCUT2D eigenvalue weighted by Gasteiger charge is -2.12. The molecule has 0 saturated heterocycles. The minimum absolute atomic E-state index is 0.0537. The molecule has 140 valence electrons. The fourth-order valence-corrected chi connectivity index (χ4v) is 2.88. The fourth-order valence-electron chi connectivity index (χ4n) is 2.88. The van der Waals surface area contributed by atoms with Gasteiger partial charge in [0.25, 0.3) is 0 Å². The Bertz CT molecular complexity index is 881. The summed E-state index contributed by atoms with van der Waals surface area (Å²) in [5.74, 6) is 0.810. The van der Waals surface area contributed by atoms with Crippen molar-refractivity contribution in [1.29, 1.82) is 0 Å². The van der Waals surface area contributed by atoms with Crippen LogP contribution in [0.4, 0.5) is 4.39 Å². The van der Waals surface area contributed by atoms with Gasteiger partial charge in [-0.15, -0.1) is 0 Å². The highest BCUT2D eigenvalue weighted by molar-refractivity contribution is 5.71. The Hall–Kier alpha value is -2.81. The molecule has 3 aromatic carbocycles. The summed E-state index contributed by atoms with van der Waals surface area (Å²) in [5.41, 5.74) is 4.02. The third kappa shape index (κ3) is 4.88. The lowest BCUT2D eigenvalue weighted by Crippen LogP contribution is -2.06. The number of benzene rings is 3. The van der Waals surface area contributed by atoms with Gasteiger partial charge in [0.15, 0.2) is 11.6 Å². The summed E-state index contributed by atoms with van der Waals surface area (Å²) in [5, 5.41) is 0. The van der Waals surface area contributed by atoms with Gasteiger partial charge in [-0.1, -0.05) is 42.5 Å². The quantitative estimate of drug-likeness (QED) is 0.482. The molecule has 0 amide bonds. The monoisotopic (exact) mass is 364 g/mol. The maximum absolute atomic E-state index is 14.2. The van der Waals surface area contributed by atoms with Gasteiger partial charge >= 0.3 is 0 Å². The minimum Gasteiger partial charge on any atom is -0.491 e. The molecule has 0 aliphatic carbocycles. The Labute approximate surface area is 160 Å². The maximum atomic E-state index is 14.2. The second-order valence-electron chi connectivity index (χ2n) is 7.08. The molecule has 0 bridgehead atoms. The molecular formula is C24H25FO2. The van der Waals surface area contributed by atoms with E-state index in [1.54, 1.807) is 6.07 Å². The van der Waals surface area contributed by atoms with E-state index in [-0.39, 0.29) is 23.8 Å². The molecule has 0 fully saturated rings. The second-order valence-corrected chi connectivity index (χ2v) is 7.08. The van der Waals surface area contributed by atoms with E-state index < -0.39 is 0 Å². The highest BCUT2D eigenvalue weighted by atomic mass is 19.1. The van der Waals surface area contributed by atoms with Crippen LogP contribution < -0.4 is 9.47 Å². The fraction of sp³-hybridized carbons (Fsp3) is 0.250. The van der Waals surface area contributed by atoms with E-state index in [9.17, 15) is 4.39 Å². The average molecular weight is 364 g/mol. The number of hydrogen-bond acceptors (Lipinski definition) is 2. The van der Waals surface area contributed by atoms with Crippen LogP contribution in [0.3, 0.4) is 0 Å². The van der Waals surface area contributed by atoms with Crippen molar-refractivity contribution in [2.45, 2.75) is 39.9 Å². The third-order valence-corrected chi connectivity index (χ3v) is 4.07. The molecule has 27 heavy (non-hydrogen) atoms. The van der Waals surface area contributed by atoms with Crippen LogP contribution in [-0.2, 0) is 0 Å². The molecule has 0 radical (unpaired) electrons. The number of hydrogen-bond donors (Lipinski definition) is 0. The van der Waals surface area contributed by atoms with Crippen molar-refractivity contribution >= 4 is 0 Å². The van der Waals surface area contributed by atoms with Crippen LogP contribution in [0, 0.1) is 5.82 Å². The van der Waals surface area contributed by atoms with Crippen LogP contribution in [0.5, 0.6) is 11.5 Å². The lowest BCUT2D eigenvalue weighted by molar-refractivity contribution is 0.231. The van der Waals surface area contributed by atoms with E-state index in [0.717, 1.165) is 28.0 Å². The summed E-state index contributed by atoms with van der Waals surface area (Å²) in [6.45, 7) is 7.79. The summed E-state index contributed by atoms with van der Waals surface area (Å²) in [6.07, 6.45) is 0.106. The van der Waals surface area contributed by atoms with Gasteiger partial charge in [-0.2, -0.15) is 0 Å². The van der Waals surface area contributed by atoms with Crippen molar-refractivity contribution < 1.29 is 13.9 Å². The summed E-state index contributed by atoms with van der Waals surface area (Å²) in [6, 6.07) is 21.2. The molecule has 0 aliphatic rings. The lowest BCUT2D eigenvalue weighted by atomic mass is 10.00. The zero-order valence-electron chi connectivity index (χ0n) is 16.2. The van der Waals surface area contributed by atoms with Crippen LogP contribution >= 0.6 is 0 Å². The summed E-state index contributed by atoms with van der Waals surface area (Å²) >= 11 is 0. The van der Waals surface area contributed by atoms with E-state index >= 15 is 0 Å². The second kappa shape index (κ2) is 8.26. The van der Waals surface area contributed by atoms with Gasteiger partial charge in [0.05, 0.1) is 12.2 Å². The summed E-state index contributed by atoms with van der Waals surface area (Å²) < 4.78 is 25.4. The van der Waals surface area contributed by atoms with Gasteiger partial charge < -0.3 is 9.47 Å². The molecule has 0 spiro atoms. The predicted octanol–water partition coefficient (Wildman–Crippen LogP) is 6.73. The van der Waals surface area contributed by atoms with E-state index in [1.165, 1.54) is 6.07 Å². The molecule has 0 heterocycles. The van der Waals surface area contributed by atoms with Gasteiger partial charge in [-0.25, -0.2) is 4.39 Å². The Morgan fingerprint density at radius 1 is 0.593 bits per heavy atom. The zero-order chi connectivity index (χ0) is 19.4. The van der Waals surface area contributed by atoms with Crippen molar-refractivity contribution in [3.63, 3.8) is 0 Å². The van der Waals surface area contributed by atoms with E-state index in [0.29, 0.717) is 0 Å². The van der Waals surface area contributed by atoms with Crippen LogP contribution in [0.1, 0.15) is 27.7 Å². The van der Waals surface area contributed by atoms with Crippen LogP contribution in [-0.4, -0.2) is 12.2 Å². The minimum atomic E-state index is -0.342. The van der Waals surface area contributed by atoms with Gasteiger partial charge in [0, 0.05) is 0 Å². The zero-order valence-corrected chi connectivity index (χ0v) is 16.2. The Morgan fingerprint density at radius 3 is 1.52 bits per heavy atom. The molecule has 3 rings (SSSR count). The first-order chi connectivity index (χ1) is 12.9. The molecule has 0 saturated carbocycles.